The second-order valence-corrected chi connectivity index (χ2v) is 6.84. The molecule has 0 unspecified atom stereocenters. The predicted molar refractivity (Wildman–Crippen MR) is 81.3 cm³/mol. The van der Waals surface area contributed by atoms with E-state index in [1.54, 1.807) is 12.1 Å². The number of allylic oxidation sites excluding steroid dienone is 1. The summed E-state index contributed by atoms with van der Waals surface area (Å²) in [5.74, 6) is -0.464. The molecule has 0 heterocycles. The third-order valence-corrected chi connectivity index (χ3v) is 2.61. The van der Waals surface area contributed by atoms with Gasteiger partial charge >= 0.3 is 5.97 Å². The van der Waals surface area contributed by atoms with Crippen LogP contribution in [0.25, 0.3) is 5.57 Å². The zero-order valence-electron chi connectivity index (χ0n) is 13.2. The summed E-state index contributed by atoms with van der Waals surface area (Å²) in [4.78, 5) is 12.4. The second-order valence-electron chi connectivity index (χ2n) is 6.84. The van der Waals surface area contributed by atoms with Gasteiger partial charge in [0.25, 0.3) is 0 Å². The minimum Gasteiger partial charge on any atom is -0.511 e. The van der Waals surface area contributed by atoms with Crippen LogP contribution in [0, 0.1) is 5.41 Å². The summed E-state index contributed by atoms with van der Waals surface area (Å²) in [6, 6.07) is 9.11. The molecule has 1 rings (SSSR count). The number of ether oxygens (including phenoxy) is 1. The molecule has 0 radical (unpaired) electrons. The van der Waals surface area contributed by atoms with Crippen molar-refractivity contribution in [3.05, 3.63) is 41.7 Å². The topological polar surface area (TPSA) is 46.5 Å². The molecule has 0 saturated carbocycles. The number of benzene rings is 1. The summed E-state index contributed by atoms with van der Waals surface area (Å²) in [7, 11) is 0. The van der Waals surface area contributed by atoms with E-state index >= 15 is 0 Å². The van der Waals surface area contributed by atoms with Crippen LogP contribution in [0.3, 0.4) is 0 Å². The molecule has 110 valence electrons. The van der Waals surface area contributed by atoms with Crippen LogP contribution >= 0.6 is 0 Å². The Kier molecular flexibility index (Phi) is 4.64. The number of hydrogen-bond acceptors (Lipinski definition) is 3. The second kappa shape index (κ2) is 5.70. The van der Waals surface area contributed by atoms with E-state index in [0.29, 0.717) is 5.56 Å². The number of carbonyl (C=O) groups excluding carboxylic acids is 1. The van der Waals surface area contributed by atoms with Crippen LogP contribution in [0.4, 0.5) is 0 Å². The van der Waals surface area contributed by atoms with Gasteiger partial charge in [-0.1, -0.05) is 51.1 Å². The van der Waals surface area contributed by atoms with Gasteiger partial charge in [0.1, 0.15) is 16.9 Å². The molecule has 3 nitrogen and oxygen atoms in total. The minimum absolute atomic E-state index is 0.0398. The first kappa shape index (κ1) is 16.3. The molecule has 0 fully saturated rings. The van der Waals surface area contributed by atoms with Crippen LogP contribution in [0.5, 0.6) is 0 Å². The van der Waals surface area contributed by atoms with E-state index in [1.807, 2.05) is 59.7 Å². The Morgan fingerprint density at radius 2 is 1.50 bits per heavy atom. The van der Waals surface area contributed by atoms with Gasteiger partial charge in [-0.25, -0.2) is 4.79 Å². The summed E-state index contributed by atoms with van der Waals surface area (Å²) in [6.07, 6.45) is 0. The average molecular weight is 276 g/mol. The van der Waals surface area contributed by atoms with E-state index in [-0.39, 0.29) is 11.3 Å². The number of esters is 1. The molecular weight excluding hydrogens is 252 g/mol. The molecule has 0 atom stereocenters. The number of rotatable bonds is 2. The molecule has 0 amide bonds. The van der Waals surface area contributed by atoms with Crippen LogP contribution in [0.2, 0.25) is 0 Å². The number of aliphatic hydroxyl groups excluding tert-OH is 1. The molecule has 0 aliphatic heterocycles. The summed E-state index contributed by atoms with van der Waals surface area (Å²) in [5.41, 5.74) is -0.237. The predicted octanol–water partition coefficient (Wildman–Crippen LogP) is 4.34. The van der Waals surface area contributed by atoms with E-state index < -0.39 is 17.0 Å². The highest BCUT2D eigenvalue weighted by Gasteiger charge is 2.29. The number of carbonyl (C=O) groups is 1. The summed E-state index contributed by atoms with van der Waals surface area (Å²) in [5, 5.41) is 10.4. The normalized spacial score (nSPS) is 13.7. The lowest BCUT2D eigenvalue weighted by Crippen LogP contribution is -2.26. The zero-order chi connectivity index (χ0) is 15.6. The van der Waals surface area contributed by atoms with E-state index in [1.165, 1.54) is 0 Å². The first-order valence-corrected chi connectivity index (χ1v) is 6.75. The van der Waals surface area contributed by atoms with E-state index in [0.717, 1.165) is 0 Å². The maximum absolute atomic E-state index is 12.4. The molecule has 1 aromatic carbocycles. The fraction of sp³-hybridized carbons (Fsp3) is 0.471. The average Bonchev–Trinajstić information content (AvgIpc) is 2.26. The van der Waals surface area contributed by atoms with Crippen LogP contribution in [0.1, 0.15) is 47.1 Å². The van der Waals surface area contributed by atoms with E-state index in [9.17, 15) is 9.90 Å². The lowest BCUT2D eigenvalue weighted by Gasteiger charge is -2.25. The van der Waals surface area contributed by atoms with Gasteiger partial charge in [0.15, 0.2) is 0 Å². The molecule has 3 heteroatoms. The van der Waals surface area contributed by atoms with Crippen molar-refractivity contribution in [2.75, 3.05) is 0 Å². The first-order chi connectivity index (χ1) is 9.02. The van der Waals surface area contributed by atoms with Crippen LogP contribution in [-0.4, -0.2) is 16.7 Å². The van der Waals surface area contributed by atoms with Crippen molar-refractivity contribution in [3.8, 4) is 0 Å². The lowest BCUT2D eigenvalue weighted by atomic mass is 9.88. The van der Waals surface area contributed by atoms with Crippen molar-refractivity contribution < 1.29 is 14.6 Å². The molecule has 0 saturated heterocycles. The Hall–Kier alpha value is -1.77. The van der Waals surface area contributed by atoms with Crippen molar-refractivity contribution >= 4 is 11.5 Å². The van der Waals surface area contributed by atoms with Crippen molar-refractivity contribution in [2.45, 2.75) is 47.1 Å². The maximum Gasteiger partial charge on any atom is 0.342 e. The molecule has 0 bridgehead atoms. The van der Waals surface area contributed by atoms with Gasteiger partial charge in [0, 0.05) is 5.41 Å². The number of aliphatic hydroxyl groups is 1. The van der Waals surface area contributed by atoms with Crippen molar-refractivity contribution in [2.24, 2.45) is 5.41 Å². The summed E-state index contributed by atoms with van der Waals surface area (Å²) >= 11 is 0. The van der Waals surface area contributed by atoms with Gasteiger partial charge in [0.2, 0.25) is 0 Å². The minimum atomic E-state index is -0.602. The highest BCUT2D eigenvalue weighted by molar-refractivity contribution is 6.17. The smallest absolute Gasteiger partial charge is 0.342 e. The van der Waals surface area contributed by atoms with Gasteiger partial charge in [0.05, 0.1) is 0 Å². The maximum atomic E-state index is 12.4. The molecule has 20 heavy (non-hydrogen) atoms. The quantitative estimate of drug-likeness (QED) is 0.496. The van der Waals surface area contributed by atoms with E-state index in [4.69, 9.17) is 4.74 Å². The molecule has 1 N–H and O–H groups in total. The van der Waals surface area contributed by atoms with Gasteiger partial charge < -0.3 is 9.84 Å². The van der Waals surface area contributed by atoms with Crippen molar-refractivity contribution in [1.82, 2.24) is 0 Å². The summed E-state index contributed by atoms with van der Waals surface area (Å²) in [6.45, 7) is 11.0. The summed E-state index contributed by atoms with van der Waals surface area (Å²) < 4.78 is 5.41. The molecule has 1 aromatic rings. The molecule has 0 aliphatic rings. The van der Waals surface area contributed by atoms with Gasteiger partial charge in [-0.15, -0.1) is 0 Å². The SMILES string of the molecule is CC(C)(C)OC(=O)C(=C(O)C(C)(C)C)c1ccccc1. The van der Waals surface area contributed by atoms with Gasteiger partial charge in [-0.3, -0.25) is 0 Å². The fourth-order valence-corrected chi connectivity index (χ4v) is 1.66. The Morgan fingerprint density at radius 1 is 1.00 bits per heavy atom. The first-order valence-electron chi connectivity index (χ1n) is 6.75. The highest BCUT2D eigenvalue weighted by atomic mass is 16.6. The zero-order valence-corrected chi connectivity index (χ0v) is 13.2. The van der Waals surface area contributed by atoms with E-state index in [2.05, 4.69) is 0 Å². The lowest BCUT2D eigenvalue weighted by molar-refractivity contribution is -0.147. The Morgan fingerprint density at radius 3 is 1.90 bits per heavy atom. The Balaban J connectivity index is 3.34. The Bertz CT molecular complexity index is 499. The third kappa shape index (κ3) is 4.41. The fourth-order valence-electron chi connectivity index (χ4n) is 1.66. The molecule has 0 spiro atoms. The van der Waals surface area contributed by atoms with Gasteiger partial charge in [-0.2, -0.15) is 0 Å². The largest absolute Gasteiger partial charge is 0.511 e. The van der Waals surface area contributed by atoms with Gasteiger partial charge in [-0.05, 0) is 26.3 Å². The Labute approximate surface area is 121 Å². The standard InChI is InChI=1S/C17H24O3/c1-16(2,3)14(18)13(12-10-8-7-9-11-12)15(19)20-17(4,5)6/h7-11,18H,1-6H3. The molecule has 0 aromatic heterocycles. The molecular formula is C17H24O3. The van der Waals surface area contributed by atoms with Crippen LogP contribution in [0.15, 0.2) is 36.1 Å². The molecule has 0 aliphatic carbocycles. The van der Waals surface area contributed by atoms with Crippen LogP contribution in [-0.2, 0) is 9.53 Å². The monoisotopic (exact) mass is 276 g/mol. The highest BCUT2D eigenvalue weighted by Crippen LogP contribution is 2.32. The van der Waals surface area contributed by atoms with Crippen LogP contribution < -0.4 is 0 Å². The number of hydrogen-bond donors (Lipinski definition) is 1. The van der Waals surface area contributed by atoms with Crippen molar-refractivity contribution in [1.29, 1.82) is 0 Å². The third-order valence-electron chi connectivity index (χ3n) is 2.61. The van der Waals surface area contributed by atoms with Crippen molar-refractivity contribution in [3.63, 3.8) is 0 Å².